The van der Waals surface area contributed by atoms with Crippen molar-refractivity contribution in [1.82, 2.24) is 35.6 Å². The van der Waals surface area contributed by atoms with Crippen molar-refractivity contribution in [2.24, 2.45) is 29.6 Å². The van der Waals surface area contributed by atoms with E-state index in [1.807, 2.05) is 0 Å². The van der Waals surface area contributed by atoms with Crippen LogP contribution in [0.4, 0.5) is 14.4 Å². The molecule has 4 aliphatic heterocycles. The Balaban J connectivity index is -0.0000000883. The number of carbonyl (C=O) groups excluding carboxylic acids is 8. The Labute approximate surface area is 766 Å². The molecule has 7 rings (SSSR count). The summed E-state index contributed by atoms with van der Waals surface area (Å²) in [5, 5.41) is 128. The number of hydrogen-bond acceptors (Lipinski definition) is 24. The summed E-state index contributed by atoms with van der Waals surface area (Å²) in [4.78, 5) is 240. The van der Waals surface area contributed by atoms with Gasteiger partial charge in [0.25, 0.3) is 71.1 Å². The number of nitrogens with zero attached hydrogens (tertiary/aromatic N) is 4. The van der Waals surface area contributed by atoms with E-state index in [2.05, 4.69) is 50.6 Å². The molecular formula is C68H104N12O40Pt4. The first-order chi connectivity index (χ1) is 54.1. The fourth-order valence-corrected chi connectivity index (χ4v) is 7.91. The number of nitrogens with two attached hydrogens (primary N) is 2. The number of carboxylic acid groups (broad SMARTS) is 16. The Morgan fingerprint density at radius 2 is 0.500 bits per heavy atom. The molecule has 3 saturated carbocycles. The first kappa shape index (κ1) is 145. The molecule has 11 amide bonds. The summed E-state index contributed by atoms with van der Waals surface area (Å²) in [6, 6.07) is 0.381. The zero-order chi connectivity index (χ0) is 94.0. The Morgan fingerprint density at radius 1 is 0.323 bits per heavy atom. The van der Waals surface area contributed by atoms with Crippen molar-refractivity contribution < 1.29 is 281 Å². The third-order valence-corrected chi connectivity index (χ3v) is 13.4. The number of imide groups is 4. The van der Waals surface area contributed by atoms with E-state index in [-0.39, 0.29) is 179 Å². The maximum Gasteiger partial charge on any atom is 2.00 e. The minimum absolute atomic E-state index is 0. The number of nitrogens with one attached hydrogen (secondary N) is 6. The van der Waals surface area contributed by atoms with Gasteiger partial charge in [0.15, 0.2) is 0 Å². The molecule has 124 heavy (non-hydrogen) atoms. The Hall–Kier alpha value is -11.0. The van der Waals surface area contributed by atoms with Gasteiger partial charge in [-0.05, 0) is 18.3 Å². The van der Waals surface area contributed by atoms with E-state index < -0.39 is 131 Å². The van der Waals surface area contributed by atoms with Gasteiger partial charge in [-0.2, -0.15) is 35.9 Å². The van der Waals surface area contributed by atoms with Gasteiger partial charge in [-0.1, -0.05) is 78.1 Å². The monoisotopic (exact) mass is 2510 g/mol. The van der Waals surface area contributed by atoms with Crippen molar-refractivity contribution in [2.45, 2.75) is 137 Å². The van der Waals surface area contributed by atoms with Crippen LogP contribution in [-0.4, -0.2) is 308 Å². The summed E-state index contributed by atoms with van der Waals surface area (Å²) in [5.74, 6) is -19.2. The predicted octanol–water partition coefficient (Wildman–Crippen LogP) is 3.51. The fraction of sp³-hybridized carbons (Fsp3) is 0.485. The van der Waals surface area contributed by atoms with E-state index in [0.717, 1.165) is 128 Å². The van der Waals surface area contributed by atoms with Gasteiger partial charge in [-0.3, -0.25) is 81.9 Å². The minimum Gasteiger partial charge on any atom is -0.693 e. The van der Waals surface area contributed by atoms with Gasteiger partial charge < -0.3 is 148 Å². The standard InChI is InChI=1S/C8H9NO4.2C8H15N.3C7H8N2O4.C7H13N.4C2H2O4.4C2H4O2.2H2N.4Pt/c10-6-3-4-7(11)9(6)5-1-2-8(12)13;2*1-6-3-4-7(2)8(9)5-6;3*10-5-1-2-6(11)9(5)4-3-8-7(12)13;1-6-4-2-3-5-7(6)8;4*3-1(4)2(5)6;4*1-2(3)4;;;;;;/h3-4H,1-2,5H2,(H,12,13);2*6-9H,2-5H2,1H3;3*1-2,8H,3-4H2,(H,12,13);6-8H,1-5H2;4*(H,3,4)(H,5,6);4*1H3,(H,3,4);2*1H2;;;;/q;2*-2;;;;-2;;;;;;;;;2*-1;4*+2/t;2*6-,7-,8-;;;;6-,7-;;;;;;;;;;;;;;/m.11...1............../s1. The predicted molar refractivity (Wildman–Crippen MR) is 409 cm³/mol. The largest absolute Gasteiger partial charge is 2.00 e. The Bertz CT molecular complexity index is 2990. The van der Waals surface area contributed by atoms with Gasteiger partial charge in [-0.25, -0.2) is 52.7 Å². The van der Waals surface area contributed by atoms with E-state index in [0.29, 0.717) is 24.2 Å². The second-order valence-electron chi connectivity index (χ2n) is 23.6. The summed E-state index contributed by atoms with van der Waals surface area (Å²) >= 11 is 0. The van der Waals surface area contributed by atoms with Crippen molar-refractivity contribution in [2.75, 3.05) is 45.8 Å². The van der Waals surface area contributed by atoms with Gasteiger partial charge in [0.2, 0.25) is 0 Å². The first-order valence-electron chi connectivity index (χ1n) is 33.7. The van der Waals surface area contributed by atoms with Gasteiger partial charge in [-0.15, -0.1) is 0 Å². The number of rotatable bonds is 13. The second kappa shape index (κ2) is 85.6. The van der Waals surface area contributed by atoms with Crippen LogP contribution in [-0.2, 0) is 185 Å². The van der Waals surface area contributed by atoms with Crippen LogP contribution in [0, 0.1) is 50.4 Å². The van der Waals surface area contributed by atoms with Gasteiger partial charge in [0, 0.05) is 129 Å². The summed E-state index contributed by atoms with van der Waals surface area (Å²) in [6.45, 7) is 21.1. The number of aliphatic carboxylic acids is 13. The van der Waals surface area contributed by atoms with Crippen molar-refractivity contribution in [3.8, 4) is 0 Å². The summed E-state index contributed by atoms with van der Waals surface area (Å²) in [5.41, 5.74) is 22.5. The molecule has 0 spiro atoms. The number of carbonyl (C=O) groups is 24. The number of hydrogen-bond donors (Lipinski definition) is 19. The molecule has 7 aliphatic rings. The van der Waals surface area contributed by atoms with Crippen LogP contribution in [0.25, 0.3) is 29.5 Å². The van der Waals surface area contributed by atoms with E-state index in [1.54, 1.807) is 0 Å². The molecule has 0 unspecified atom stereocenters. The van der Waals surface area contributed by atoms with Crippen LogP contribution in [0.15, 0.2) is 48.6 Å². The molecule has 716 valence electrons. The smallest absolute Gasteiger partial charge is 0.693 e. The zero-order valence-electron chi connectivity index (χ0n) is 67.0. The van der Waals surface area contributed by atoms with Gasteiger partial charge >= 0.3 is 156 Å². The normalized spacial score (nSPS) is 17.7. The zero-order valence-corrected chi connectivity index (χ0v) is 76.0. The number of amides is 11. The summed E-state index contributed by atoms with van der Waals surface area (Å²) < 4.78 is 0. The molecule has 52 nitrogen and oxygen atoms in total. The van der Waals surface area contributed by atoms with Crippen LogP contribution in [0.1, 0.15) is 119 Å². The number of carboxylic acids is 13. The van der Waals surface area contributed by atoms with E-state index in [9.17, 15) is 57.5 Å². The van der Waals surface area contributed by atoms with E-state index in [4.69, 9.17) is 156 Å². The van der Waals surface area contributed by atoms with Crippen LogP contribution < -0.4 is 16.0 Å². The van der Waals surface area contributed by atoms with Crippen molar-refractivity contribution in [3.05, 3.63) is 98.9 Å². The average molecular weight is 2510 g/mol. The van der Waals surface area contributed by atoms with Crippen LogP contribution in [0.5, 0.6) is 0 Å². The molecule has 0 aromatic heterocycles. The van der Waals surface area contributed by atoms with Crippen molar-refractivity contribution in [3.63, 3.8) is 0 Å². The molecule has 8 atom stereocenters. The molecule has 0 aromatic rings. The molecule has 3 aliphatic carbocycles. The molecule has 4 heterocycles. The maximum absolute atomic E-state index is 10.9. The summed E-state index contributed by atoms with van der Waals surface area (Å²) in [6.07, 6.45) is 17.9. The fourth-order valence-electron chi connectivity index (χ4n) is 7.91. The molecule has 0 saturated heterocycles. The van der Waals surface area contributed by atoms with E-state index >= 15 is 0 Å². The van der Waals surface area contributed by atoms with Crippen LogP contribution in [0.3, 0.4) is 0 Å². The SMILES string of the molecule is CC(=O)O.CC(=O)O.CC(=O)O.CC(=O)O.O=C(O)C(=O)O.O=C(O)C(=O)O.O=C(O)C(=O)O.O=C(O)C(=O)O.O=C(O)CCCN1C(=O)C=CC1=O.O=C(O)NCCN1C(=O)C=CC1=O.O=C(O)NCCN1C(=O)C=CC1=O.O=C(O)NCCN1C(=O)C=CC1=O.[CH2-][C@@H]1CCCC[C@H]1[NH-].[CH2-][C@@H]1CC[C@@H](C)C[C@H]1[NH-].[CH2-][C@@H]1CC[C@@H](C)C[C@H]1[NH-].[NH2-].[NH2-].[Pt+2].[Pt+2].[Pt+2].[Pt+2]. The topological polar surface area (TPSA) is 921 Å². The minimum atomic E-state index is -1.82. The molecule has 26 N–H and O–H groups in total. The molecule has 56 heteroatoms. The third-order valence-electron chi connectivity index (χ3n) is 13.4. The average Bonchev–Trinajstić information content (AvgIpc) is 1.80. The van der Waals surface area contributed by atoms with Crippen LogP contribution in [0.2, 0.25) is 0 Å². The molecule has 0 bridgehead atoms. The third kappa shape index (κ3) is 96.5. The van der Waals surface area contributed by atoms with E-state index in [1.165, 1.54) is 44.3 Å². The van der Waals surface area contributed by atoms with Crippen molar-refractivity contribution in [1.29, 1.82) is 0 Å². The quantitative estimate of drug-likeness (QED) is 0.0712. The van der Waals surface area contributed by atoms with Gasteiger partial charge in [0.05, 0.1) is 0 Å². The Morgan fingerprint density at radius 3 is 0.637 bits per heavy atom. The maximum atomic E-state index is 10.9. The molecule has 0 aromatic carbocycles. The second-order valence-corrected chi connectivity index (χ2v) is 23.6. The van der Waals surface area contributed by atoms with Crippen molar-refractivity contribution >= 4 is 143 Å². The summed E-state index contributed by atoms with van der Waals surface area (Å²) in [7, 11) is 0. The van der Waals surface area contributed by atoms with Gasteiger partial charge in [0.1, 0.15) is 0 Å². The first-order valence-corrected chi connectivity index (χ1v) is 33.7. The van der Waals surface area contributed by atoms with Crippen LogP contribution >= 0.6 is 0 Å². The Kier molecular flexibility index (Phi) is 99.8. The molecule has 0 radical (unpaired) electrons. The molecule has 3 fully saturated rings. The molecular weight excluding hydrogens is 2410 g/mol.